The van der Waals surface area contributed by atoms with E-state index in [4.69, 9.17) is 17.8 Å². The molecule has 0 amide bonds. The number of hydrogen-bond acceptors (Lipinski definition) is 10. The average Bonchev–Trinajstić information content (AvgIpc) is 3.19. The number of ether oxygens (including phenoxy) is 2. The molecule has 0 fully saturated rings. The van der Waals surface area contributed by atoms with Crippen molar-refractivity contribution in [2.75, 3.05) is 25.7 Å². The lowest BCUT2D eigenvalue weighted by Crippen LogP contribution is -2.32. The SMILES string of the molecule is CCC(CC)(c1ccc(OC[C@@H](O)C(C)(C)C)c(C)c1)c1ccc(OS(C)(=O)=O)c(C)c1.CCC(CC)(c1ccc(OC[C@H](O)C(C)(C)C)c(C)c1)c1ccc(OS(C)(=O)=O)c(C)c1. The molecule has 0 saturated heterocycles. The summed E-state index contributed by atoms with van der Waals surface area (Å²) in [6.07, 6.45) is 4.54. The highest BCUT2D eigenvalue weighted by atomic mass is 32.2. The first-order valence-electron chi connectivity index (χ1n) is 22.3. The summed E-state index contributed by atoms with van der Waals surface area (Å²) < 4.78 is 68.2. The minimum Gasteiger partial charge on any atom is -0.491 e. The Balaban J connectivity index is 0.000000340. The first-order valence-corrected chi connectivity index (χ1v) is 25.9. The fourth-order valence-corrected chi connectivity index (χ4v) is 8.96. The van der Waals surface area contributed by atoms with Crippen molar-refractivity contribution in [3.05, 3.63) is 117 Å². The molecule has 0 bridgehead atoms. The molecule has 4 aromatic carbocycles. The van der Waals surface area contributed by atoms with E-state index in [1.165, 1.54) is 11.1 Å². The van der Waals surface area contributed by atoms with Crippen molar-refractivity contribution in [1.82, 2.24) is 0 Å². The molecule has 10 nitrogen and oxygen atoms in total. The Morgan fingerprint density at radius 1 is 0.453 bits per heavy atom. The van der Waals surface area contributed by atoms with E-state index in [1.807, 2.05) is 106 Å². The van der Waals surface area contributed by atoms with Crippen molar-refractivity contribution < 1.29 is 44.9 Å². The van der Waals surface area contributed by atoms with Crippen LogP contribution in [0.15, 0.2) is 72.8 Å². The molecular formula is C52H76O10S2. The molecule has 2 atom stereocenters. The fourth-order valence-electron chi connectivity index (χ4n) is 7.93. The predicted octanol–water partition coefficient (Wildman–Crippen LogP) is 11.1. The van der Waals surface area contributed by atoms with Crippen molar-refractivity contribution in [3.8, 4) is 23.0 Å². The minimum atomic E-state index is -3.57. The minimum absolute atomic E-state index is 0.220. The van der Waals surface area contributed by atoms with Crippen molar-refractivity contribution in [2.24, 2.45) is 10.8 Å². The Morgan fingerprint density at radius 2 is 0.688 bits per heavy atom. The molecule has 0 aliphatic heterocycles. The van der Waals surface area contributed by atoms with Crippen LogP contribution in [0, 0.1) is 38.5 Å². The molecule has 4 aromatic rings. The highest BCUT2D eigenvalue weighted by Crippen LogP contribution is 2.43. The second-order valence-electron chi connectivity index (χ2n) is 19.5. The number of rotatable bonds is 18. The van der Waals surface area contributed by atoms with Gasteiger partial charge in [0.05, 0.1) is 24.7 Å². The van der Waals surface area contributed by atoms with Crippen LogP contribution in [0.4, 0.5) is 0 Å². The predicted molar refractivity (Wildman–Crippen MR) is 260 cm³/mol. The molecule has 0 radical (unpaired) electrons. The van der Waals surface area contributed by atoms with Gasteiger partial charge in [0, 0.05) is 10.8 Å². The van der Waals surface area contributed by atoms with Crippen LogP contribution in [-0.2, 0) is 31.1 Å². The summed E-state index contributed by atoms with van der Waals surface area (Å²) in [4.78, 5) is 0. The summed E-state index contributed by atoms with van der Waals surface area (Å²) >= 11 is 0. The van der Waals surface area contributed by atoms with Gasteiger partial charge in [-0.3, -0.25) is 0 Å². The molecular weight excluding hydrogens is 849 g/mol. The topological polar surface area (TPSA) is 146 Å². The lowest BCUT2D eigenvalue weighted by atomic mass is 9.70. The third-order valence-electron chi connectivity index (χ3n) is 12.6. The Hall–Kier alpha value is -4.10. The normalized spacial score (nSPS) is 13.7. The maximum atomic E-state index is 11.5. The third-order valence-corrected chi connectivity index (χ3v) is 13.6. The number of aliphatic hydroxyl groups excluding tert-OH is 2. The molecule has 12 heteroatoms. The zero-order chi connectivity index (χ0) is 48.6. The van der Waals surface area contributed by atoms with E-state index in [2.05, 4.69) is 52.0 Å². The number of hydrogen-bond donors (Lipinski definition) is 2. The molecule has 356 valence electrons. The van der Waals surface area contributed by atoms with Crippen LogP contribution >= 0.6 is 0 Å². The van der Waals surface area contributed by atoms with Crippen molar-refractivity contribution in [3.63, 3.8) is 0 Å². The van der Waals surface area contributed by atoms with Gasteiger partial charge < -0.3 is 28.1 Å². The molecule has 0 aliphatic carbocycles. The van der Waals surface area contributed by atoms with Crippen LogP contribution in [0.5, 0.6) is 23.0 Å². The summed E-state index contributed by atoms with van der Waals surface area (Å²) in [7, 11) is -7.15. The van der Waals surface area contributed by atoms with Gasteiger partial charge >= 0.3 is 20.2 Å². The molecule has 64 heavy (non-hydrogen) atoms. The molecule has 0 aliphatic rings. The summed E-state index contributed by atoms with van der Waals surface area (Å²) in [5, 5.41) is 20.6. The maximum Gasteiger partial charge on any atom is 0.306 e. The maximum absolute atomic E-state index is 11.5. The van der Waals surface area contributed by atoms with E-state index < -0.39 is 32.4 Å². The van der Waals surface area contributed by atoms with Crippen LogP contribution < -0.4 is 17.8 Å². The third kappa shape index (κ3) is 14.0. The van der Waals surface area contributed by atoms with Gasteiger partial charge in [0.1, 0.15) is 36.2 Å². The van der Waals surface area contributed by atoms with E-state index in [1.54, 1.807) is 12.1 Å². The van der Waals surface area contributed by atoms with Gasteiger partial charge in [0.2, 0.25) is 0 Å². The standard InChI is InChI=1S/2C26H38O5S/c2*1-9-26(10-2,21-12-14-23(19(4)16-21)31-32(8,28)29)20-11-13-22(18(3)15-20)30-17-24(27)25(5,6)7/h2*11-16,24,27H,9-10,17H2,1-8H3/t2*24-/m10/s1. The van der Waals surface area contributed by atoms with Gasteiger partial charge in [0.25, 0.3) is 0 Å². The van der Waals surface area contributed by atoms with Gasteiger partial charge in [-0.2, -0.15) is 16.8 Å². The van der Waals surface area contributed by atoms with E-state index >= 15 is 0 Å². The monoisotopic (exact) mass is 924 g/mol. The quantitative estimate of drug-likeness (QED) is 0.0925. The zero-order valence-electron chi connectivity index (χ0n) is 41.3. The number of aliphatic hydroxyl groups is 2. The smallest absolute Gasteiger partial charge is 0.306 e. The summed E-state index contributed by atoms with van der Waals surface area (Å²) in [6, 6.07) is 23.9. The lowest BCUT2D eigenvalue weighted by Gasteiger charge is -2.34. The molecule has 0 saturated carbocycles. The molecule has 0 unspecified atom stereocenters. The Labute approximate surface area is 386 Å². The number of aryl methyl sites for hydroxylation is 4. The lowest BCUT2D eigenvalue weighted by molar-refractivity contribution is 0.0216. The first-order chi connectivity index (χ1) is 29.5. The van der Waals surface area contributed by atoms with Crippen LogP contribution in [0.1, 0.15) is 139 Å². The molecule has 2 N–H and O–H groups in total. The van der Waals surface area contributed by atoms with Crippen LogP contribution in [0.3, 0.4) is 0 Å². The highest BCUT2D eigenvalue weighted by Gasteiger charge is 2.34. The van der Waals surface area contributed by atoms with Gasteiger partial charge in [-0.15, -0.1) is 0 Å². The fraction of sp³-hybridized carbons (Fsp3) is 0.538. The molecule has 4 rings (SSSR count). The van der Waals surface area contributed by atoms with Crippen LogP contribution in [-0.4, -0.2) is 65.0 Å². The number of benzene rings is 4. The van der Waals surface area contributed by atoms with Gasteiger partial charge in [-0.1, -0.05) is 118 Å². The van der Waals surface area contributed by atoms with Crippen LogP contribution in [0.2, 0.25) is 0 Å². The van der Waals surface area contributed by atoms with E-state index in [9.17, 15) is 27.0 Å². The average molecular weight is 925 g/mol. The highest BCUT2D eigenvalue weighted by molar-refractivity contribution is 7.86. The van der Waals surface area contributed by atoms with E-state index in [-0.39, 0.29) is 34.9 Å². The second kappa shape index (κ2) is 21.5. The summed E-state index contributed by atoms with van der Waals surface area (Å²) in [6.45, 7) is 28.9. The molecule has 0 spiro atoms. The van der Waals surface area contributed by atoms with Gasteiger partial charge in [-0.25, -0.2) is 0 Å². The van der Waals surface area contributed by atoms with Crippen molar-refractivity contribution >= 4 is 20.2 Å². The first kappa shape index (κ1) is 54.2. The second-order valence-corrected chi connectivity index (χ2v) is 22.6. The van der Waals surface area contributed by atoms with Crippen LogP contribution in [0.25, 0.3) is 0 Å². The molecule has 0 aromatic heterocycles. The van der Waals surface area contributed by atoms with Gasteiger partial charge in [0.15, 0.2) is 0 Å². The zero-order valence-corrected chi connectivity index (χ0v) is 42.9. The summed E-state index contributed by atoms with van der Waals surface area (Å²) in [5.41, 5.74) is 7.29. The largest absolute Gasteiger partial charge is 0.491 e. The Kier molecular flexibility index (Phi) is 18.2. The van der Waals surface area contributed by atoms with Crippen molar-refractivity contribution in [1.29, 1.82) is 0 Å². The van der Waals surface area contributed by atoms with E-state index in [0.717, 1.165) is 83.1 Å². The molecule has 0 heterocycles. The Bertz CT molecular complexity index is 2230. The summed E-state index contributed by atoms with van der Waals surface area (Å²) in [5.74, 6) is 2.25. The van der Waals surface area contributed by atoms with E-state index in [0.29, 0.717) is 11.5 Å². The Morgan fingerprint density at radius 3 is 0.875 bits per heavy atom. The van der Waals surface area contributed by atoms with Crippen molar-refractivity contribution in [2.45, 2.75) is 146 Å². The van der Waals surface area contributed by atoms with Gasteiger partial charge in [-0.05, 0) is 133 Å².